The molecule has 6 heteroatoms. The molecule has 1 amide bonds. The Morgan fingerprint density at radius 2 is 2.26 bits per heavy atom. The molecule has 0 spiro atoms. The number of amides is 1. The first-order chi connectivity index (χ1) is 11.3. The summed E-state index contributed by atoms with van der Waals surface area (Å²) in [7, 11) is 0. The van der Waals surface area contributed by atoms with Crippen molar-refractivity contribution in [3.63, 3.8) is 0 Å². The van der Waals surface area contributed by atoms with Gasteiger partial charge in [0.25, 0.3) is 0 Å². The molecule has 1 N–H and O–H groups in total. The summed E-state index contributed by atoms with van der Waals surface area (Å²) in [5, 5.41) is 6.47. The van der Waals surface area contributed by atoms with Crippen molar-refractivity contribution in [1.82, 2.24) is 20.4 Å². The van der Waals surface area contributed by atoms with Crippen molar-refractivity contribution in [3.8, 4) is 0 Å². The van der Waals surface area contributed by atoms with Crippen LogP contribution in [0.5, 0.6) is 0 Å². The number of fused-ring (bicyclic) bond motifs is 1. The van der Waals surface area contributed by atoms with Gasteiger partial charge in [-0.2, -0.15) is 5.10 Å². The zero-order valence-electron chi connectivity index (χ0n) is 12.8. The predicted molar refractivity (Wildman–Crippen MR) is 87.2 cm³/mol. The van der Waals surface area contributed by atoms with Gasteiger partial charge in [0.15, 0.2) is 0 Å². The minimum absolute atomic E-state index is 0.0221. The van der Waals surface area contributed by atoms with Crippen LogP contribution in [0.15, 0.2) is 53.8 Å². The lowest BCUT2D eigenvalue weighted by atomic mass is 10.1. The maximum atomic E-state index is 12.3. The fourth-order valence-corrected chi connectivity index (χ4v) is 3.21. The fourth-order valence-electron chi connectivity index (χ4n) is 3.21. The quantitative estimate of drug-likeness (QED) is 0.909. The van der Waals surface area contributed by atoms with Crippen LogP contribution in [0.2, 0.25) is 0 Å². The molecular weight excluding hydrogens is 290 g/mol. The van der Waals surface area contributed by atoms with Crippen molar-refractivity contribution in [3.05, 3.63) is 54.4 Å². The van der Waals surface area contributed by atoms with E-state index in [1.807, 2.05) is 46.4 Å². The molecule has 1 saturated heterocycles. The molecule has 0 saturated carbocycles. The lowest BCUT2D eigenvalue weighted by Crippen LogP contribution is -2.50. The molecule has 1 fully saturated rings. The van der Waals surface area contributed by atoms with Gasteiger partial charge in [0.05, 0.1) is 11.8 Å². The van der Waals surface area contributed by atoms with E-state index in [4.69, 9.17) is 0 Å². The van der Waals surface area contributed by atoms with Crippen molar-refractivity contribution in [2.45, 2.75) is 31.5 Å². The first-order valence-corrected chi connectivity index (χ1v) is 7.99. The first kappa shape index (κ1) is 14.1. The average Bonchev–Trinajstić information content (AvgIpc) is 3.17. The lowest BCUT2D eigenvalue weighted by molar-refractivity contribution is -0.132. The number of nitrogens with zero attached hydrogens (tertiary/aromatic N) is 4. The highest BCUT2D eigenvalue weighted by molar-refractivity contribution is 6.02. The molecule has 6 nitrogen and oxygen atoms in total. The van der Waals surface area contributed by atoms with E-state index >= 15 is 0 Å². The van der Waals surface area contributed by atoms with E-state index in [0.717, 1.165) is 24.2 Å². The molecule has 1 aromatic heterocycles. The third-order valence-corrected chi connectivity index (χ3v) is 4.41. The summed E-state index contributed by atoms with van der Waals surface area (Å²) in [6.07, 6.45) is 12.0. The highest BCUT2D eigenvalue weighted by atomic mass is 16.2. The Morgan fingerprint density at radius 3 is 3.09 bits per heavy atom. The maximum Gasteiger partial charge on any atom is 0.224 e. The van der Waals surface area contributed by atoms with Gasteiger partial charge >= 0.3 is 0 Å². The summed E-state index contributed by atoms with van der Waals surface area (Å²) in [4.78, 5) is 18.5. The standard InChI is InChI=1S/C17H19N5O/c23-17-9-8-16(21(17)12-10-13-5-3-4-11-18-13)22-19-14-6-1-2-7-15(14)20-22/h1-7,11,14,16,19H,8-10,12H2. The third kappa shape index (κ3) is 2.77. The number of carbonyl (C=O) groups is 1. The molecule has 0 aromatic carbocycles. The van der Waals surface area contributed by atoms with Crippen LogP contribution in [0, 0.1) is 0 Å². The van der Waals surface area contributed by atoms with E-state index in [0.29, 0.717) is 13.0 Å². The molecule has 2 aliphatic heterocycles. The highest BCUT2D eigenvalue weighted by Gasteiger charge is 2.38. The van der Waals surface area contributed by atoms with Crippen molar-refractivity contribution in [2.24, 2.45) is 5.10 Å². The van der Waals surface area contributed by atoms with Gasteiger partial charge < -0.3 is 4.90 Å². The average molecular weight is 309 g/mol. The van der Waals surface area contributed by atoms with Crippen molar-refractivity contribution in [2.75, 3.05) is 6.54 Å². The summed E-state index contributed by atoms with van der Waals surface area (Å²) >= 11 is 0. The van der Waals surface area contributed by atoms with Gasteiger partial charge in [-0.05, 0) is 24.6 Å². The number of hydrogen-bond donors (Lipinski definition) is 1. The molecule has 0 radical (unpaired) electrons. The number of allylic oxidation sites excluding steroid dienone is 2. The van der Waals surface area contributed by atoms with Crippen molar-refractivity contribution in [1.29, 1.82) is 0 Å². The van der Waals surface area contributed by atoms with Gasteiger partial charge in [-0.3, -0.25) is 9.78 Å². The van der Waals surface area contributed by atoms with Crippen LogP contribution < -0.4 is 5.43 Å². The summed E-state index contributed by atoms with van der Waals surface area (Å²) in [5.41, 5.74) is 5.37. The van der Waals surface area contributed by atoms with Gasteiger partial charge in [0, 0.05) is 31.3 Å². The van der Waals surface area contributed by atoms with E-state index < -0.39 is 0 Å². The monoisotopic (exact) mass is 309 g/mol. The zero-order chi connectivity index (χ0) is 15.6. The van der Waals surface area contributed by atoms with Gasteiger partial charge in [-0.1, -0.05) is 24.3 Å². The van der Waals surface area contributed by atoms with E-state index in [9.17, 15) is 4.79 Å². The normalized spacial score (nSPS) is 25.9. The van der Waals surface area contributed by atoms with Crippen LogP contribution in [0.1, 0.15) is 18.5 Å². The number of pyridine rings is 1. The molecule has 3 aliphatic rings. The third-order valence-electron chi connectivity index (χ3n) is 4.41. The van der Waals surface area contributed by atoms with Gasteiger partial charge in [-0.15, -0.1) is 0 Å². The van der Waals surface area contributed by atoms with Crippen LogP contribution in [-0.4, -0.2) is 45.4 Å². The lowest BCUT2D eigenvalue weighted by Gasteiger charge is -2.31. The first-order valence-electron chi connectivity index (χ1n) is 7.99. The van der Waals surface area contributed by atoms with Crippen LogP contribution in [0.4, 0.5) is 0 Å². The Morgan fingerprint density at radius 1 is 1.30 bits per heavy atom. The molecule has 4 rings (SSSR count). The molecular formula is C17H19N5O. The van der Waals surface area contributed by atoms with Crippen LogP contribution in [0.3, 0.4) is 0 Å². The Balaban J connectivity index is 1.45. The Labute approximate surface area is 135 Å². The largest absolute Gasteiger partial charge is 0.319 e. The van der Waals surface area contributed by atoms with E-state index in [2.05, 4.69) is 21.6 Å². The summed E-state index contributed by atoms with van der Waals surface area (Å²) in [6.45, 7) is 0.667. The second-order valence-electron chi connectivity index (χ2n) is 5.90. The van der Waals surface area contributed by atoms with E-state index in [1.54, 1.807) is 6.20 Å². The topological polar surface area (TPSA) is 60.8 Å². The number of carbonyl (C=O) groups excluding carboxylic acids is 1. The van der Waals surface area contributed by atoms with Crippen LogP contribution in [0.25, 0.3) is 0 Å². The van der Waals surface area contributed by atoms with Crippen molar-refractivity contribution < 1.29 is 4.79 Å². The van der Waals surface area contributed by atoms with Gasteiger partial charge in [0.1, 0.15) is 6.17 Å². The molecule has 118 valence electrons. The zero-order valence-corrected chi connectivity index (χ0v) is 12.8. The van der Waals surface area contributed by atoms with Gasteiger partial charge in [-0.25, -0.2) is 10.5 Å². The second kappa shape index (κ2) is 5.96. The minimum Gasteiger partial charge on any atom is -0.319 e. The highest BCUT2D eigenvalue weighted by Crippen LogP contribution is 2.24. The number of hydrazone groups is 1. The van der Waals surface area contributed by atoms with Crippen LogP contribution in [-0.2, 0) is 11.2 Å². The Hall–Kier alpha value is -2.47. The number of likely N-dealkylation sites (tertiary alicyclic amines) is 1. The molecule has 1 aromatic rings. The minimum atomic E-state index is -0.0221. The number of rotatable bonds is 4. The number of nitrogens with one attached hydrogen (secondary N) is 1. The molecule has 2 atom stereocenters. The number of aromatic nitrogens is 1. The summed E-state index contributed by atoms with van der Waals surface area (Å²) in [6, 6.07) is 5.99. The summed E-state index contributed by atoms with van der Waals surface area (Å²) < 4.78 is 0. The second-order valence-corrected chi connectivity index (χ2v) is 5.90. The van der Waals surface area contributed by atoms with E-state index in [1.165, 1.54) is 0 Å². The van der Waals surface area contributed by atoms with Crippen molar-refractivity contribution >= 4 is 11.6 Å². The molecule has 23 heavy (non-hydrogen) atoms. The smallest absolute Gasteiger partial charge is 0.224 e. The Bertz CT molecular complexity index is 681. The molecule has 3 heterocycles. The summed E-state index contributed by atoms with van der Waals surface area (Å²) in [5.74, 6) is 0.189. The Kier molecular flexibility index (Phi) is 3.67. The molecule has 1 aliphatic carbocycles. The molecule has 0 bridgehead atoms. The predicted octanol–water partition coefficient (Wildman–Crippen LogP) is 1.24. The maximum absolute atomic E-state index is 12.3. The van der Waals surface area contributed by atoms with Gasteiger partial charge in [0.2, 0.25) is 5.91 Å². The SMILES string of the molecule is O=C1CCC(N2N=C3C=CC=CC3N2)N1CCc1ccccn1. The fraction of sp³-hybridized carbons (Fsp3) is 0.353. The van der Waals surface area contributed by atoms with E-state index in [-0.39, 0.29) is 18.1 Å². The number of hydrogen-bond acceptors (Lipinski definition) is 5. The number of hydrazine groups is 1. The molecule has 2 unspecified atom stereocenters. The van der Waals surface area contributed by atoms with Crippen LogP contribution >= 0.6 is 0 Å².